The lowest BCUT2D eigenvalue weighted by Gasteiger charge is -2.12. The fraction of sp³-hybridized carbons (Fsp3) is 0.412. The topological polar surface area (TPSA) is 37.8 Å². The molecule has 0 amide bonds. The predicted octanol–water partition coefficient (Wildman–Crippen LogP) is 3.98. The van der Waals surface area contributed by atoms with Gasteiger partial charge in [-0.1, -0.05) is 32.9 Å². The van der Waals surface area contributed by atoms with Crippen molar-refractivity contribution in [1.82, 2.24) is 15.3 Å². The molecule has 0 saturated heterocycles. The van der Waals surface area contributed by atoms with Gasteiger partial charge in [0.15, 0.2) is 5.82 Å². The van der Waals surface area contributed by atoms with Gasteiger partial charge in [-0.25, -0.2) is 9.97 Å². The first-order valence-corrected chi connectivity index (χ1v) is 8.51. The molecule has 0 bridgehead atoms. The van der Waals surface area contributed by atoms with Crippen LogP contribution in [0.15, 0.2) is 29.2 Å². The minimum Gasteiger partial charge on any atom is -0.307 e. The van der Waals surface area contributed by atoms with Crippen molar-refractivity contribution in [3.8, 4) is 11.4 Å². The lowest BCUT2D eigenvalue weighted by Crippen LogP contribution is -2.05. The summed E-state index contributed by atoms with van der Waals surface area (Å²) in [5.74, 6) is 2.38. The van der Waals surface area contributed by atoms with Crippen molar-refractivity contribution in [3.63, 3.8) is 0 Å². The molecule has 1 aliphatic heterocycles. The Morgan fingerprint density at radius 2 is 1.90 bits per heavy atom. The van der Waals surface area contributed by atoms with Crippen molar-refractivity contribution >= 4 is 11.8 Å². The van der Waals surface area contributed by atoms with Gasteiger partial charge in [0.1, 0.15) is 0 Å². The summed E-state index contributed by atoms with van der Waals surface area (Å²) >= 11 is 1.86. The van der Waals surface area contributed by atoms with Crippen LogP contribution in [0.3, 0.4) is 0 Å². The van der Waals surface area contributed by atoms with Gasteiger partial charge < -0.3 is 5.32 Å². The van der Waals surface area contributed by atoms with E-state index in [1.165, 1.54) is 16.2 Å². The number of hydrogen-bond donors (Lipinski definition) is 1. The van der Waals surface area contributed by atoms with Crippen molar-refractivity contribution in [1.29, 1.82) is 0 Å². The van der Waals surface area contributed by atoms with E-state index in [1.54, 1.807) is 0 Å². The Morgan fingerprint density at radius 3 is 2.57 bits per heavy atom. The minimum atomic E-state index is 0.426. The maximum atomic E-state index is 4.83. The van der Waals surface area contributed by atoms with Gasteiger partial charge in [0.25, 0.3) is 0 Å². The van der Waals surface area contributed by atoms with Crippen LogP contribution in [-0.2, 0) is 13.1 Å². The highest BCUT2D eigenvalue weighted by atomic mass is 32.2. The predicted molar refractivity (Wildman–Crippen MR) is 88.5 cm³/mol. The normalized spacial score (nSPS) is 13.7. The molecule has 0 unspecified atom stereocenters. The van der Waals surface area contributed by atoms with E-state index >= 15 is 0 Å². The molecular weight excluding hydrogens is 278 g/mol. The molecule has 2 heterocycles. The first-order chi connectivity index (χ1) is 10.2. The Labute approximate surface area is 130 Å². The molecule has 21 heavy (non-hydrogen) atoms. The van der Waals surface area contributed by atoms with Crippen LogP contribution in [0, 0.1) is 0 Å². The minimum absolute atomic E-state index is 0.426. The average Bonchev–Trinajstić information content (AvgIpc) is 2.95. The molecule has 3 nitrogen and oxygen atoms in total. The lowest BCUT2D eigenvalue weighted by atomic mass is 10.0. The Hall–Kier alpha value is -1.39. The molecule has 2 aromatic rings. The third-order valence-electron chi connectivity index (χ3n) is 3.69. The van der Waals surface area contributed by atoms with Crippen molar-refractivity contribution in [2.75, 3.05) is 5.75 Å². The summed E-state index contributed by atoms with van der Waals surface area (Å²) in [4.78, 5) is 10.9. The van der Waals surface area contributed by atoms with Gasteiger partial charge in [0.05, 0.1) is 11.4 Å². The van der Waals surface area contributed by atoms with Crippen LogP contribution < -0.4 is 5.32 Å². The van der Waals surface area contributed by atoms with Crippen LogP contribution in [0.5, 0.6) is 0 Å². The number of benzene rings is 1. The summed E-state index contributed by atoms with van der Waals surface area (Å²) in [6.07, 6.45) is 0. The van der Waals surface area contributed by atoms with Crippen LogP contribution in [0.1, 0.15) is 43.6 Å². The van der Waals surface area contributed by atoms with E-state index < -0.39 is 0 Å². The lowest BCUT2D eigenvalue weighted by molar-refractivity contribution is 0.746. The standard InChI is InChI=1S/C17H21N3S/c1-4-21-13-7-5-12(6-8-13)17-19-15-10-18-9-14(15)16(20-17)11(2)3/h5-8,11,18H,4,9-10H2,1-3H3. The highest BCUT2D eigenvalue weighted by Crippen LogP contribution is 2.28. The Kier molecular flexibility index (Phi) is 4.27. The number of nitrogens with zero attached hydrogens (tertiary/aromatic N) is 2. The molecule has 3 rings (SSSR count). The van der Waals surface area contributed by atoms with E-state index in [9.17, 15) is 0 Å². The second-order valence-corrected chi connectivity index (χ2v) is 6.91. The third kappa shape index (κ3) is 2.97. The quantitative estimate of drug-likeness (QED) is 0.867. The fourth-order valence-corrected chi connectivity index (χ4v) is 3.33. The zero-order valence-corrected chi connectivity index (χ0v) is 13.6. The summed E-state index contributed by atoms with van der Waals surface area (Å²) in [6, 6.07) is 8.58. The molecule has 1 aliphatic rings. The number of rotatable bonds is 4. The van der Waals surface area contributed by atoms with Gasteiger partial charge in [-0.05, 0) is 23.8 Å². The second-order valence-electron chi connectivity index (χ2n) is 5.57. The van der Waals surface area contributed by atoms with Crippen molar-refractivity contribution in [2.45, 2.75) is 44.7 Å². The number of aromatic nitrogens is 2. The smallest absolute Gasteiger partial charge is 0.159 e. The third-order valence-corrected chi connectivity index (χ3v) is 4.58. The highest BCUT2D eigenvalue weighted by Gasteiger charge is 2.20. The zero-order chi connectivity index (χ0) is 14.8. The largest absolute Gasteiger partial charge is 0.307 e. The number of nitrogens with one attached hydrogen (secondary N) is 1. The van der Waals surface area contributed by atoms with Gasteiger partial charge in [-0.3, -0.25) is 0 Å². The van der Waals surface area contributed by atoms with Crippen LogP contribution in [0.25, 0.3) is 11.4 Å². The molecule has 0 aliphatic carbocycles. The van der Waals surface area contributed by atoms with Gasteiger partial charge in [-0.2, -0.15) is 0 Å². The first kappa shape index (κ1) is 14.5. The summed E-state index contributed by atoms with van der Waals surface area (Å²) in [5, 5.41) is 3.38. The Morgan fingerprint density at radius 1 is 1.14 bits per heavy atom. The number of thioether (sulfide) groups is 1. The Balaban J connectivity index is 2.00. The number of hydrogen-bond acceptors (Lipinski definition) is 4. The van der Waals surface area contributed by atoms with E-state index in [0.29, 0.717) is 5.92 Å². The molecule has 0 saturated carbocycles. The molecule has 1 N–H and O–H groups in total. The summed E-state index contributed by atoms with van der Waals surface area (Å²) in [7, 11) is 0. The van der Waals surface area contributed by atoms with E-state index in [2.05, 4.69) is 50.4 Å². The van der Waals surface area contributed by atoms with Crippen LogP contribution >= 0.6 is 11.8 Å². The van der Waals surface area contributed by atoms with Crippen LogP contribution in [-0.4, -0.2) is 15.7 Å². The van der Waals surface area contributed by atoms with Gasteiger partial charge in [0, 0.05) is 29.1 Å². The molecule has 0 atom stereocenters. The summed E-state index contributed by atoms with van der Waals surface area (Å²) < 4.78 is 0. The molecule has 1 aromatic carbocycles. The van der Waals surface area contributed by atoms with Gasteiger partial charge >= 0.3 is 0 Å². The monoisotopic (exact) mass is 299 g/mol. The average molecular weight is 299 g/mol. The Bertz CT molecular complexity index is 635. The van der Waals surface area contributed by atoms with Crippen molar-refractivity contribution in [2.24, 2.45) is 0 Å². The summed E-state index contributed by atoms with van der Waals surface area (Å²) in [6.45, 7) is 8.32. The molecule has 1 aromatic heterocycles. The maximum absolute atomic E-state index is 4.83. The van der Waals surface area contributed by atoms with Gasteiger partial charge in [0.2, 0.25) is 0 Å². The molecule has 0 fully saturated rings. The maximum Gasteiger partial charge on any atom is 0.159 e. The van der Waals surface area contributed by atoms with Crippen molar-refractivity contribution in [3.05, 3.63) is 41.2 Å². The second kappa shape index (κ2) is 6.16. The highest BCUT2D eigenvalue weighted by molar-refractivity contribution is 7.99. The van der Waals surface area contributed by atoms with Crippen LogP contribution in [0.2, 0.25) is 0 Å². The van der Waals surface area contributed by atoms with Crippen molar-refractivity contribution < 1.29 is 0 Å². The van der Waals surface area contributed by atoms with Crippen LogP contribution in [0.4, 0.5) is 0 Å². The summed E-state index contributed by atoms with van der Waals surface area (Å²) in [5.41, 5.74) is 4.75. The van der Waals surface area contributed by atoms with E-state index in [0.717, 1.165) is 35.9 Å². The van der Waals surface area contributed by atoms with Gasteiger partial charge in [-0.15, -0.1) is 11.8 Å². The number of fused-ring (bicyclic) bond motifs is 1. The molecule has 110 valence electrons. The molecule has 0 spiro atoms. The zero-order valence-electron chi connectivity index (χ0n) is 12.8. The van der Waals surface area contributed by atoms with E-state index in [4.69, 9.17) is 9.97 Å². The van der Waals surface area contributed by atoms with E-state index in [1.807, 2.05) is 11.8 Å². The first-order valence-electron chi connectivity index (χ1n) is 7.52. The molecule has 0 radical (unpaired) electrons. The molecular formula is C17H21N3S. The SMILES string of the molecule is CCSc1ccc(-c2nc3c(c(C(C)C)n2)CNC3)cc1. The van der Waals surface area contributed by atoms with E-state index in [-0.39, 0.29) is 0 Å². The molecule has 4 heteroatoms. The fourth-order valence-electron chi connectivity index (χ4n) is 2.67.